The highest BCUT2D eigenvalue weighted by molar-refractivity contribution is 5.40. The van der Waals surface area contributed by atoms with Gasteiger partial charge in [0.25, 0.3) is 0 Å². The van der Waals surface area contributed by atoms with Crippen molar-refractivity contribution in [2.24, 2.45) is 0 Å². The second-order valence-corrected chi connectivity index (χ2v) is 5.44. The van der Waals surface area contributed by atoms with Crippen LogP contribution in [0, 0.1) is 6.92 Å². The van der Waals surface area contributed by atoms with Gasteiger partial charge in [0.05, 0.1) is 18.8 Å². The van der Waals surface area contributed by atoms with Gasteiger partial charge in [-0.25, -0.2) is 0 Å². The predicted octanol–water partition coefficient (Wildman–Crippen LogP) is 3.47. The van der Waals surface area contributed by atoms with Crippen LogP contribution in [0.4, 0.5) is 0 Å². The van der Waals surface area contributed by atoms with E-state index in [4.69, 9.17) is 9.47 Å². The Kier molecular flexibility index (Phi) is 5.83. The fourth-order valence-corrected chi connectivity index (χ4v) is 2.22. The zero-order valence-corrected chi connectivity index (χ0v) is 13.0. The summed E-state index contributed by atoms with van der Waals surface area (Å²) in [4.78, 5) is 0. The molecule has 3 nitrogen and oxygen atoms in total. The zero-order chi connectivity index (χ0) is 14.5. The van der Waals surface area contributed by atoms with Crippen molar-refractivity contribution < 1.29 is 9.47 Å². The molecule has 1 rings (SSSR count). The third-order valence-corrected chi connectivity index (χ3v) is 3.52. The second kappa shape index (κ2) is 6.92. The van der Waals surface area contributed by atoms with Crippen LogP contribution in [0.3, 0.4) is 0 Å². The number of rotatable bonds is 7. The molecular weight excluding hydrogens is 238 g/mol. The van der Waals surface area contributed by atoms with Crippen molar-refractivity contribution in [2.75, 3.05) is 20.8 Å². The molecule has 0 saturated heterocycles. The fraction of sp³-hybridized carbons (Fsp3) is 0.625. The van der Waals surface area contributed by atoms with Crippen LogP contribution in [0.2, 0.25) is 0 Å². The number of hydrogen-bond acceptors (Lipinski definition) is 3. The summed E-state index contributed by atoms with van der Waals surface area (Å²) in [7, 11) is 3.47. The molecule has 0 radical (unpaired) electrons. The average Bonchev–Trinajstić information content (AvgIpc) is 2.39. The Balaban J connectivity index is 3.19. The van der Waals surface area contributed by atoms with Crippen LogP contribution in [-0.4, -0.2) is 26.4 Å². The normalized spacial score (nSPS) is 13.4. The topological polar surface area (TPSA) is 30.5 Å². The van der Waals surface area contributed by atoms with Gasteiger partial charge >= 0.3 is 0 Å². The fourth-order valence-electron chi connectivity index (χ4n) is 2.22. The highest BCUT2D eigenvalue weighted by Gasteiger charge is 2.32. The molecule has 0 aliphatic rings. The highest BCUT2D eigenvalue weighted by Crippen LogP contribution is 2.34. The predicted molar refractivity (Wildman–Crippen MR) is 79.9 cm³/mol. The van der Waals surface area contributed by atoms with E-state index >= 15 is 0 Å². The van der Waals surface area contributed by atoms with Crippen LogP contribution in [0.15, 0.2) is 18.2 Å². The van der Waals surface area contributed by atoms with Gasteiger partial charge in [0, 0.05) is 12.7 Å². The van der Waals surface area contributed by atoms with E-state index < -0.39 is 0 Å². The Morgan fingerprint density at radius 1 is 1.26 bits per heavy atom. The molecule has 0 fully saturated rings. The molecule has 0 saturated carbocycles. The van der Waals surface area contributed by atoms with Crippen molar-refractivity contribution in [2.45, 2.75) is 45.8 Å². The van der Waals surface area contributed by atoms with Crippen molar-refractivity contribution >= 4 is 0 Å². The lowest BCUT2D eigenvalue weighted by atomic mass is 9.90. The summed E-state index contributed by atoms with van der Waals surface area (Å²) in [6.07, 6.45) is 1.09. The molecule has 0 amide bonds. The maximum atomic E-state index is 5.67. The molecule has 0 aliphatic heterocycles. The smallest absolute Gasteiger partial charge is 0.123 e. The van der Waals surface area contributed by atoms with Gasteiger partial charge in [-0.2, -0.15) is 0 Å². The van der Waals surface area contributed by atoms with E-state index in [2.05, 4.69) is 45.1 Å². The number of nitrogens with one attached hydrogen (secondary N) is 1. The average molecular weight is 265 g/mol. The van der Waals surface area contributed by atoms with Crippen LogP contribution >= 0.6 is 0 Å². The van der Waals surface area contributed by atoms with Crippen LogP contribution in [-0.2, 0) is 4.74 Å². The summed E-state index contributed by atoms with van der Waals surface area (Å²) < 4.78 is 11.2. The quantitative estimate of drug-likeness (QED) is 0.819. The molecule has 0 aliphatic carbocycles. The third kappa shape index (κ3) is 3.95. The molecule has 0 heterocycles. The van der Waals surface area contributed by atoms with Gasteiger partial charge in [0.15, 0.2) is 0 Å². The van der Waals surface area contributed by atoms with E-state index in [0.29, 0.717) is 0 Å². The van der Waals surface area contributed by atoms with Crippen molar-refractivity contribution in [3.8, 4) is 5.75 Å². The lowest BCUT2D eigenvalue weighted by molar-refractivity contribution is -0.0116. The maximum absolute atomic E-state index is 5.67. The van der Waals surface area contributed by atoms with Gasteiger partial charge in [0.1, 0.15) is 5.75 Å². The molecule has 0 bridgehead atoms. The molecule has 19 heavy (non-hydrogen) atoms. The van der Waals surface area contributed by atoms with Crippen molar-refractivity contribution in [1.82, 2.24) is 5.32 Å². The van der Waals surface area contributed by atoms with Gasteiger partial charge in [-0.1, -0.05) is 24.6 Å². The van der Waals surface area contributed by atoms with Gasteiger partial charge in [-0.15, -0.1) is 0 Å². The lowest BCUT2D eigenvalue weighted by Crippen LogP contribution is -2.41. The first-order chi connectivity index (χ1) is 8.96. The summed E-state index contributed by atoms with van der Waals surface area (Å²) in [5, 5.41) is 3.57. The summed E-state index contributed by atoms with van der Waals surface area (Å²) in [5.41, 5.74) is 2.09. The molecule has 1 atom stereocenters. The first kappa shape index (κ1) is 16.0. The van der Waals surface area contributed by atoms with E-state index in [9.17, 15) is 0 Å². The monoisotopic (exact) mass is 265 g/mol. The van der Waals surface area contributed by atoms with E-state index in [-0.39, 0.29) is 11.6 Å². The largest absolute Gasteiger partial charge is 0.496 e. The molecule has 1 aromatic rings. The van der Waals surface area contributed by atoms with Crippen molar-refractivity contribution in [3.05, 3.63) is 29.3 Å². The van der Waals surface area contributed by atoms with Crippen molar-refractivity contribution in [3.63, 3.8) is 0 Å². The van der Waals surface area contributed by atoms with Gasteiger partial charge in [0.2, 0.25) is 0 Å². The number of ether oxygens (including phenoxy) is 2. The molecule has 1 N–H and O–H groups in total. The Labute approximate surface area is 117 Å². The van der Waals surface area contributed by atoms with Crippen LogP contribution in [0.1, 0.15) is 44.4 Å². The molecule has 1 unspecified atom stereocenters. The lowest BCUT2D eigenvalue weighted by Gasteiger charge is -2.35. The number of methoxy groups -OCH3 is 2. The molecular formula is C16H27NO2. The minimum atomic E-state index is -0.295. The maximum Gasteiger partial charge on any atom is 0.123 e. The summed E-state index contributed by atoms with van der Waals surface area (Å²) in [6, 6.07) is 6.37. The SMILES string of the molecule is CCCNC(c1cc(C)ccc1OC)C(C)(C)OC. The molecule has 1 aromatic carbocycles. The Morgan fingerprint density at radius 2 is 1.95 bits per heavy atom. The van der Waals surface area contributed by atoms with E-state index in [0.717, 1.165) is 24.3 Å². The molecule has 0 spiro atoms. The van der Waals surface area contributed by atoms with Gasteiger partial charge in [-0.3, -0.25) is 0 Å². The Hall–Kier alpha value is -1.06. The summed E-state index contributed by atoms with van der Waals surface area (Å²) >= 11 is 0. The van der Waals surface area contributed by atoms with E-state index in [1.54, 1.807) is 14.2 Å². The highest BCUT2D eigenvalue weighted by atomic mass is 16.5. The van der Waals surface area contributed by atoms with Crippen LogP contribution in [0.5, 0.6) is 5.75 Å². The van der Waals surface area contributed by atoms with Gasteiger partial charge in [-0.05, 0) is 39.8 Å². The zero-order valence-electron chi connectivity index (χ0n) is 13.0. The minimum absolute atomic E-state index is 0.104. The summed E-state index contributed by atoms with van der Waals surface area (Å²) in [6.45, 7) is 9.41. The van der Waals surface area contributed by atoms with Crippen LogP contribution in [0.25, 0.3) is 0 Å². The first-order valence-electron chi connectivity index (χ1n) is 6.89. The summed E-state index contributed by atoms with van der Waals surface area (Å²) in [5.74, 6) is 0.907. The molecule has 108 valence electrons. The number of hydrogen-bond donors (Lipinski definition) is 1. The molecule has 0 aromatic heterocycles. The Bertz CT molecular complexity index is 402. The standard InChI is InChI=1S/C16H27NO2/c1-7-10-17-15(16(3,4)19-6)13-11-12(2)8-9-14(13)18-5/h8-9,11,15,17H,7,10H2,1-6H3. The molecule has 3 heteroatoms. The van der Waals surface area contributed by atoms with Crippen LogP contribution < -0.4 is 10.1 Å². The van der Waals surface area contributed by atoms with Crippen molar-refractivity contribution in [1.29, 1.82) is 0 Å². The number of aryl methyl sites for hydroxylation is 1. The third-order valence-electron chi connectivity index (χ3n) is 3.52. The van der Waals surface area contributed by atoms with E-state index in [1.807, 2.05) is 6.07 Å². The minimum Gasteiger partial charge on any atom is -0.496 e. The first-order valence-corrected chi connectivity index (χ1v) is 6.89. The number of benzene rings is 1. The second-order valence-electron chi connectivity index (χ2n) is 5.44. The Morgan fingerprint density at radius 3 is 2.47 bits per heavy atom. The van der Waals surface area contributed by atoms with E-state index in [1.165, 1.54) is 5.56 Å². The van der Waals surface area contributed by atoms with Gasteiger partial charge < -0.3 is 14.8 Å².